The SMILES string of the molecule is COc1ccc([C@H](C)N[C@H](C)C(=O)NC(=O)NCC(C)C)cc1OC. The fourth-order valence-electron chi connectivity index (χ4n) is 2.23. The average Bonchev–Trinajstić information content (AvgIpc) is 2.58. The smallest absolute Gasteiger partial charge is 0.321 e. The zero-order valence-electron chi connectivity index (χ0n) is 15.8. The molecule has 2 atom stereocenters. The van der Waals surface area contributed by atoms with Gasteiger partial charge in [-0.25, -0.2) is 4.79 Å². The Balaban J connectivity index is 2.62. The van der Waals surface area contributed by atoms with Gasteiger partial charge < -0.3 is 14.8 Å². The summed E-state index contributed by atoms with van der Waals surface area (Å²) in [6.45, 7) is 8.13. The molecule has 0 aliphatic carbocycles. The van der Waals surface area contributed by atoms with Crippen molar-refractivity contribution in [3.05, 3.63) is 23.8 Å². The first-order chi connectivity index (χ1) is 11.8. The van der Waals surface area contributed by atoms with Crippen LogP contribution in [0.15, 0.2) is 18.2 Å². The van der Waals surface area contributed by atoms with Crippen molar-refractivity contribution in [2.45, 2.75) is 39.8 Å². The highest BCUT2D eigenvalue weighted by Crippen LogP contribution is 2.29. The van der Waals surface area contributed by atoms with Gasteiger partial charge in [0.2, 0.25) is 5.91 Å². The van der Waals surface area contributed by atoms with Crippen LogP contribution in [0.3, 0.4) is 0 Å². The van der Waals surface area contributed by atoms with Gasteiger partial charge in [-0.1, -0.05) is 19.9 Å². The third kappa shape index (κ3) is 6.62. The molecule has 0 fully saturated rings. The highest BCUT2D eigenvalue weighted by molar-refractivity contribution is 5.96. The van der Waals surface area contributed by atoms with Gasteiger partial charge in [0.15, 0.2) is 11.5 Å². The maximum absolute atomic E-state index is 12.1. The maximum Gasteiger partial charge on any atom is 0.321 e. The van der Waals surface area contributed by atoms with E-state index < -0.39 is 12.1 Å². The molecule has 0 aromatic heterocycles. The number of amides is 3. The Hall–Kier alpha value is -2.28. The second-order valence-corrected chi connectivity index (χ2v) is 6.32. The van der Waals surface area contributed by atoms with Crippen molar-refractivity contribution in [2.24, 2.45) is 5.92 Å². The number of hydrogen-bond donors (Lipinski definition) is 3. The van der Waals surface area contributed by atoms with E-state index in [-0.39, 0.29) is 11.9 Å². The van der Waals surface area contributed by atoms with E-state index in [0.29, 0.717) is 24.0 Å². The van der Waals surface area contributed by atoms with Gasteiger partial charge in [-0.2, -0.15) is 0 Å². The molecule has 1 aromatic rings. The maximum atomic E-state index is 12.1. The summed E-state index contributed by atoms with van der Waals surface area (Å²) in [5.74, 6) is 1.21. The molecule has 0 saturated heterocycles. The fourth-order valence-corrected chi connectivity index (χ4v) is 2.23. The van der Waals surface area contributed by atoms with Gasteiger partial charge in [-0.15, -0.1) is 0 Å². The fraction of sp³-hybridized carbons (Fsp3) is 0.556. The number of nitrogens with one attached hydrogen (secondary N) is 3. The Kier molecular flexibility index (Phi) is 8.21. The molecule has 0 bridgehead atoms. The van der Waals surface area contributed by atoms with E-state index >= 15 is 0 Å². The Morgan fingerprint density at radius 2 is 1.68 bits per heavy atom. The predicted molar refractivity (Wildman–Crippen MR) is 96.9 cm³/mol. The molecule has 1 rings (SSSR count). The lowest BCUT2D eigenvalue weighted by atomic mass is 10.1. The molecule has 25 heavy (non-hydrogen) atoms. The summed E-state index contributed by atoms with van der Waals surface area (Å²) in [6.07, 6.45) is 0. The van der Waals surface area contributed by atoms with Crippen molar-refractivity contribution in [2.75, 3.05) is 20.8 Å². The van der Waals surface area contributed by atoms with Crippen molar-refractivity contribution in [1.29, 1.82) is 0 Å². The van der Waals surface area contributed by atoms with E-state index in [4.69, 9.17) is 9.47 Å². The largest absolute Gasteiger partial charge is 0.493 e. The second kappa shape index (κ2) is 9.88. The first-order valence-electron chi connectivity index (χ1n) is 8.35. The second-order valence-electron chi connectivity index (χ2n) is 6.32. The number of carbonyl (C=O) groups excluding carboxylic acids is 2. The minimum atomic E-state index is -0.534. The number of imide groups is 1. The predicted octanol–water partition coefficient (Wildman–Crippen LogP) is 2.22. The van der Waals surface area contributed by atoms with Crippen LogP contribution in [0.2, 0.25) is 0 Å². The van der Waals surface area contributed by atoms with E-state index in [1.165, 1.54) is 0 Å². The number of benzene rings is 1. The molecule has 0 heterocycles. The highest BCUT2D eigenvalue weighted by atomic mass is 16.5. The highest BCUT2D eigenvalue weighted by Gasteiger charge is 2.19. The lowest BCUT2D eigenvalue weighted by molar-refractivity contribution is -0.121. The summed E-state index contributed by atoms with van der Waals surface area (Å²) < 4.78 is 10.5. The summed E-state index contributed by atoms with van der Waals surface area (Å²) in [5.41, 5.74) is 0.946. The third-order valence-corrected chi connectivity index (χ3v) is 3.71. The van der Waals surface area contributed by atoms with E-state index in [9.17, 15) is 9.59 Å². The van der Waals surface area contributed by atoms with Gasteiger partial charge in [-0.05, 0) is 37.5 Å². The number of urea groups is 1. The summed E-state index contributed by atoms with van der Waals surface area (Å²) in [4.78, 5) is 23.8. The van der Waals surface area contributed by atoms with Gasteiger partial charge in [0.25, 0.3) is 0 Å². The number of carbonyl (C=O) groups is 2. The number of hydrogen-bond acceptors (Lipinski definition) is 5. The minimum Gasteiger partial charge on any atom is -0.493 e. The lowest BCUT2D eigenvalue weighted by Crippen LogP contribution is -2.49. The Labute approximate surface area is 149 Å². The van der Waals surface area contributed by atoms with E-state index in [1.54, 1.807) is 21.1 Å². The zero-order chi connectivity index (χ0) is 19.0. The number of methoxy groups -OCH3 is 2. The quantitative estimate of drug-likeness (QED) is 0.668. The summed E-state index contributed by atoms with van der Waals surface area (Å²) >= 11 is 0. The summed E-state index contributed by atoms with van der Waals surface area (Å²) in [6, 6.07) is 4.45. The first-order valence-corrected chi connectivity index (χ1v) is 8.35. The Bertz CT molecular complexity index is 590. The van der Waals surface area contributed by atoms with Crippen LogP contribution in [0.4, 0.5) is 4.79 Å². The molecule has 3 N–H and O–H groups in total. The molecule has 0 unspecified atom stereocenters. The zero-order valence-corrected chi connectivity index (χ0v) is 15.8. The Morgan fingerprint density at radius 1 is 1.04 bits per heavy atom. The molecule has 1 aromatic carbocycles. The molecule has 3 amide bonds. The Morgan fingerprint density at radius 3 is 2.24 bits per heavy atom. The van der Waals surface area contributed by atoms with Gasteiger partial charge in [0.05, 0.1) is 20.3 Å². The molecule has 0 aliphatic rings. The lowest BCUT2D eigenvalue weighted by Gasteiger charge is -2.21. The van der Waals surface area contributed by atoms with Crippen molar-refractivity contribution in [3.8, 4) is 11.5 Å². The first kappa shape index (κ1) is 20.8. The van der Waals surface area contributed by atoms with Crippen LogP contribution in [0.5, 0.6) is 11.5 Å². The van der Waals surface area contributed by atoms with Gasteiger partial charge in [0.1, 0.15) is 0 Å². The standard InChI is InChI=1S/C18H29N3O4/c1-11(2)10-19-18(23)21-17(22)13(4)20-12(3)14-7-8-15(24-5)16(9-14)25-6/h7-9,11-13,20H,10H2,1-6H3,(H2,19,21,22,23)/t12-,13+/m0/s1. The minimum absolute atomic E-state index is 0.112. The monoisotopic (exact) mass is 351 g/mol. The normalized spacial score (nSPS) is 13.1. The summed E-state index contributed by atoms with van der Waals surface area (Å²) in [5, 5.41) is 8.15. The van der Waals surface area contributed by atoms with E-state index in [2.05, 4.69) is 16.0 Å². The molecular weight excluding hydrogens is 322 g/mol. The van der Waals surface area contributed by atoms with Crippen molar-refractivity contribution >= 4 is 11.9 Å². The topological polar surface area (TPSA) is 88.7 Å². The van der Waals surface area contributed by atoms with Gasteiger partial charge in [-0.3, -0.25) is 15.4 Å². The van der Waals surface area contributed by atoms with Crippen molar-refractivity contribution in [3.63, 3.8) is 0 Å². The van der Waals surface area contributed by atoms with E-state index in [0.717, 1.165) is 5.56 Å². The van der Waals surface area contributed by atoms with Crippen molar-refractivity contribution in [1.82, 2.24) is 16.0 Å². The molecule has 7 heteroatoms. The molecule has 0 saturated carbocycles. The number of rotatable bonds is 8. The van der Waals surface area contributed by atoms with Crippen LogP contribution < -0.4 is 25.4 Å². The number of ether oxygens (including phenoxy) is 2. The van der Waals surface area contributed by atoms with Crippen LogP contribution in [0, 0.1) is 5.92 Å². The summed E-state index contributed by atoms with van der Waals surface area (Å²) in [7, 11) is 3.15. The van der Waals surface area contributed by atoms with Crippen LogP contribution in [-0.4, -0.2) is 38.7 Å². The van der Waals surface area contributed by atoms with Crippen molar-refractivity contribution < 1.29 is 19.1 Å². The average molecular weight is 351 g/mol. The molecule has 140 valence electrons. The van der Waals surface area contributed by atoms with E-state index in [1.807, 2.05) is 39.0 Å². The van der Waals surface area contributed by atoms with Crippen LogP contribution in [0.1, 0.15) is 39.3 Å². The van der Waals surface area contributed by atoms with Crippen LogP contribution >= 0.6 is 0 Å². The van der Waals surface area contributed by atoms with Crippen LogP contribution in [-0.2, 0) is 4.79 Å². The molecular formula is C18H29N3O4. The molecule has 7 nitrogen and oxygen atoms in total. The molecule has 0 radical (unpaired) electrons. The molecule has 0 aliphatic heterocycles. The van der Waals surface area contributed by atoms with Gasteiger partial charge >= 0.3 is 6.03 Å². The third-order valence-electron chi connectivity index (χ3n) is 3.71. The van der Waals surface area contributed by atoms with Gasteiger partial charge in [0, 0.05) is 12.6 Å². The van der Waals surface area contributed by atoms with Crippen LogP contribution in [0.25, 0.3) is 0 Å². The molecule has 0 spiro atoms.